The summed E-state index contributed by atoms with van der Waals surface area (Å²) in [6.07, 6.45) is 2.38. The highest BCUT2D eigenvalue weighted by Crippen LogP contribution is 2.21. The third-order valence-electron chi connectivity index (χ3n) is 3.54. The Morgan fingerprint density at radius 2 is 2.37 bits per heavy atom. The van der Waals surface area contributed by atoms with Gasteiger partial charge in [0, 0.05) is 43.9 Å². The zero-order chi connectivity index (χ0) is 14.3. The zero-order valence-corrected chi connectivity index (χ0v) is 10.2. The van der Waals surface area contributed by atoms with Crippen LogP contribution in [0.5, 0.6) is 0 Å². The van der Waals surface area contributed by atoms with Crippen LogP contribution in [0, 0.1) is 5.92 Å². The molecule has 3 heterocycles. The number of H-pyrrole nitrogens is 2. The van der Waals surface area contributed by atoms with Crippen molar-refractivity contribution in [3.63, 3.8) is 0 Å². The van der Waals surface area contributed by atoms with Crippen LogP contribution in [0.2, 0.25) is 0 Å². The van der Waals surface area contributed by atoms with Gasteiger partial charge in [-0.1, -0.05) is 0 Å². The van der Waals surface area contributed by atoms with Gasteiger partial charge in [-0.2, -0.15) is 0 Å². The van der Waals surface area contributed by atoms with E-state index in [0.29, 0.717) is 30.7 Å². The molecule has 0 bridgehead atoms. The van der Waals surface area contributed by atoms with E-state index in [0.717, 1.165) is 5.56 Å². The fourth-order valence-corrected chi connectivity index (χ4v) is 2.54. The molecule has 0 saturated carbocycles. The number of β-amino-alcohol motifs (C(OH)–C–C–N with tert-alkyl or cyclic N) is 1. The molecule has 7 nitrogen and oxygen atoms in total. The topological polar surface area (TPSA) is 105 Å². The zero-order valence-electron chi connectivity index (χ0n) is 11.2. The number of rotatable bonds is 3. The first-order valence-corrected chi connectivity index (χ1v) is 6.10. The van der Waals surface area contributed by atoms with Crippen LogP contribution in [-0.4, -0.2) is 55.8 Å². The minimum absolute atomic E-state index is 0.220. The van der Waals surface area contributed by atoms with Gasteiger partial charge >= 0.3 is 0 Å². The summed E-state index contributed by atoms with van der Waals surface area (Å²) in [5.74, 6) is -0.462. The highest BCUT2D eigenvalue weighted by Gasteiger charge is 2.30. The van der Waals surface area contributed by atoms with E-state index in [4.69, 9.17) is 1.37 Å². The molecule has 2 aromatic rings. The van der Waals surface area contributed by atoms with Gasteiger partial charge in [-0.3, -0.25) is 9.69 Å². The summed E-state index contributed by atoms with van der Waals surface area (Å²) in [6.45, 7) is 0.0773. The Bertz CT molecular complexity index is 668. The number of hydrogen-bond acceptors (Lipinski definition) is 5. The average molecular weight is 266 g/mol. The first-order chi connectivity index (χ1) is 9.56. The third kappa shape index (κ3) is 2.16. The van der Waals surface area contributed by atoms with Gasteiger partial charge in [-0.25, -0.2) is 4.98 Å². The second-order valence-corrected chi connectivity index (χ2v) is 4.84. The molecule has 0 aromatic carbocycles. The van der Waals surface area contributed by atoms with Crippen molar-refractivity contribution in [1.29, 1.82) is 0 Å². The number of fused-ring (bicyclic) bond motifs is 1. The normalized spacial score (nSPS) is 26.7. The number of nitrogens with zero attached hydrogens (tertiary/aromatic N) is 2. The molecule has 0 amide bonds. The lowest BCUT2D eigenvalue weighted by Gasteiger charge is -2.13. The van der Waals surface area contributed by atoms with Crippen LogP contribution in [-0.2, 0) is 6.54 Å². The summed E-state index contributed by atoms with van der Waals surface area (Å²) in [4.78, 5) is 23.1. The second-order valence-electron chi connectivity index (χ2n) is 4.84. The highest BCUT2D eigenvalue weighted by atomic mass is 16.3. The van der Waals surface area contributed by atoms with Crippen LogP contribution in [0.25, 0.3) is 11.0 Å². The molecule has 1 aliphatic heterocycles. The number of aromatic nitrogens is 3. The smallest absolute Gasteiger partial charge is 0.275 e. The molecule has 1 fully saturated rings. The Morgan fingerprint density at radius 3 is 3.11 bits per heavy atom. The van der Waals surface area contributed by atoms with Crippen LogP contribution < -0.4 is 5.56 Å². The molecule has 2 aromatic heterocycles. The van der Waals surface area contributed by atoms with E-state index in [1.807, 2.05) is 4.90 Å². The van der Waals surface area contributed by atoms with Crippen molar-refractivity contribution >= 4 is 11.0 Å². The van der Waals surface area contributed by atoms with Crippen molar-refractivity contribution in [1.82, 2.24) is 19.9 Å². The Hall–Kier alpha value is -1.70. The van der Waals surface area contributed by atoms with Crippen molar-refractivity contribution in [3.05, 3.63) is 28.4 Å². The molecule has 0 radical (unpaired) electrons. The van der Waals surface area contributed by atoms with Crippen molar-refractivity contribution in [2.24, 2.45) is 5.92 Å². The number of hydrogen-bond donors (Lipinski definition) is 4. The molecule has 1 aliphatic rings. The van der Waals surface area contributed by atoms with Crippen molar-refractivity contribution in [3.8, 4) is 0 Å². The quantitative estimate of drug-likeness (QED) is 0.572. The van der Waals surface area contributed by atoms with Gasteiger partial charge in [0.05, 0.1) is 19.3 Å². The van der Waals surface area contributed by atoms with Crippen molar-refractivity contribution < 1.29 is 11.6 Å². The van der Waals surface area contributed by atoms with Gasteiger partial charge in [0.15, 0.2) is 0 Å². The number of aliphatic hydroxyl groups excluding tert-OH is 2. The molecule has 19 heavy (non-hydrogen) atoms. The number of nitrogens with one attached hydrogen (secondary N) is 2. The van der Waals surface area contributed by atoms with Crippen LogP contribution in [0.1, 0.15) is 6.93 Å². The summed E-state index contributed by atoms with van der Waals surface area (Å²) in [6, 6.07) is 0. The molecule has 0 aliphatic carbocycles. The summed E-state index contributed by atoms with van der Waals surface area (Å²) in [7, 11) is 0. The van der Waals surface area contributed by atoms with Gasteiger partial charge in [0.1, 0.15) is 5.52 Å². The van der Waals surface area contributed by atoms with E-state index in [9.17, 15) is 15.0 Å². The number of aromatic amines is 2. The standard InChI is InChI=1S/C12H16N4O3/c17-5-8-3-16(4-9(8)18)2-7-1-13-11-10(7)14-6-15-12(11)19/h1,6,8-9,13,17-18H,2-5H2,(H,14,15,19)/t8-,9+/m1/s1/i5T/t5?,8-,9+. The third-order valence-corrected chi connectivity index (χ3v) is 3.54. The minimum Gasteiger partial charge on any atom is -0.396 e. The fraction of sp³-hybridized carbons (Fsp3) is 0.500. The molecular weight excluding hydrogens is 248 g/mol. The van der Waals surface area contributed by atoms with E-state index in [2.05, 4.69) is 15.0 Å². The Labute approximate surface area is 110 Å². The Kier molecular flexibility index (Phi) is 2.80. The first kappa shape index (κ1) is 11.2. The maximum Gasteiger partial charge on any atom is 0.275 e. The molecular formula is C12H16N4O3. The summed E-state index contributed by atoms with van der Waals surface area (Å²) < 4.78 is 7.31. The molecule has 102 valence electrons. The summed E-state index contributed by atoms with van der Waals surface area (Å²) >= 11 is 0. The Morgan fingerprint density at radius 1 is 1.53 bits per heavy atom. The largest absolute Gasteiger partial charge is 0.396 e. The van der Waals surface area contributed by atoms with Gasteiger partial charge in [-0.05, 0) is 0 Å². The van der Waals surface area contributed by atoms with E-state index < -0.39 is 18.6 Å². The fourth-order valence-electron chi connectivity index (χ4n) is 2.54. The Balaban J connectivity index is 1.81. The lowest BCUT2D eigenvalue weighted by atomic mass is 10.1. The lowest BCUT2D eigenvalue weighted by molar-refractivity contribution is 0.103. The van der Waals surface area contributed by atoms with Crippen LogP contribution in [0.4, 0.5) is 0 Å². The second kappa shape index (κ2) is 4.76. The molecule has 0 spiro atoms. The van der Waals surface area contributed by atoms with E-state index in [1.54, 1.807) is 6.20 Å². The van der Waals surface area contributed by atoms with Gasteiger partial charge in [-0.15, -0.1) is 0 Å². The minimum atomic E-state index is -1.28. The van der Waals surface area contributed by atoms with Crippen LogP contribution in [0.3, 0.4) is 0 Å². The van der Waals surface area contributed by atoms with Crippen LogP contribution in [0.15, 0.2) is 17.3 Å². The number of likely N-dealkylation sites (tertiary alicyclic amines) is 1. The maximum absolute atomic E-state index is 11.6. The predicted molar refractivity (Wildman–Crippen MR) is 68.6 cm³/mol. The maximum atomic E-state index is 11.6. The number of aliphatic hydroxyl groups is 2. The molecule has 1 unspecified atom stereocenters. The molecule has 1 saturated heterocycles. The molecule has 4 N–H and O–H groups in total. The lowest BCUT2D eigenvalue weighted by Crippen LogP contribution is -2.21. The van der Waals surface area contributed by atoms with Gasteiger partial charge in [0.2, 0.25) is 0 Å². The summed E-state index contributed by atoms with van der Waals surface area (Å²) in [5.41, 5.74) is 1.68. The molecule has 3 atom stereocenters. The monoisotopic (exact) mass is 266 g/mol. The highest BCUT2D eigenvalue weighted by molar-refractivity contribution is 5.77. The van der Waals surface area contributed by atoms with Gasteiger partial charge < -0.3 is 20.2 Å². The molecule has 7 heteroatoms. The van der Waals surface area contributed by atoms with Crippen molar-refractivity contribution in [2.45, 2.75) is 12.6 Å². The van der Waals surface area contributed by atoms with Crippen LogP contribution >= 0.6 is 0 Å². The SMILES string of the molecule is [3H]C(O)[C@H]1CN(Cc2c[nH]c3c(=O)[nH]cnc23)C[C@@H]1O. The van der Waals surface area contributed by atoms with Gasteiger partial charge in [0.25, 0.3) is 5.56 Å². The van der Waals surface area contributed by atoms with E-state index in [1.165, 1.54) is 6.33 Å². The molecule has 3 rings (SSSR count). The van der Waals surface area contributed by atoms with Crippen molar-refractivity contribution in [2.75, 3.05) is 19.7 Å². The average Bonchev–Trinajstić information content (AvgIpc) is 2.95. The van der Waals surface area contributed by atoms with E-state index in [-0.39, 0.29) is 5.56 Å². The first-order valence-electron chi connectivity index (χ1n) is 6.68. The predicted octanol–water partition coefficient (Wildman–Crippen LogP) is -0.964. The summed E-state index contributed by atoms with van der Waals surface area (Å²) in [5, 5.41) is 19.1. The van der Waals surface area contributed by atoms with E-state index >= 15 is 0 Å².